The molecule has 1 aromatic rings. The third kappa shape index (κ3) is 3.19. The minimum absolute atomic E-state index is 0.308. The van der Waals surface area contributed by atoms with Crippen molar-refractivity contribution in [3.8, 4) is 0 Å². The van der Waals surface area contributed by atoms with Crippen LogP contribution in [0.2, 0.25) is 0 Å². The van der Waals surface area contributed by atoms with E-state index in [0.29, 0.717) is 49.6 Å². The normalized spacial score (nSPS) is 17.9. The molecule has 0 saturated carbocycles. The maximum absolute atomic E-state index is 11.8. The predicted molar refractivity (Wildman–Crippen MR) is 76.7 cm³/mol. The highest BCUT2D eigenvalue weighted by Crippen LogP contribution is 2.26. The molecule has 1 aromatic heterocycles. The summed E-state index contributed by atoms with van der Waals surface area (Å²) in [6.45, 7) is 5.30. The third-order valence-electron chi connectivity index (χ3n) is 3.58. The van der Waals surface area contributed by atoms with E-state index in [2.05, 4.69) is 4.98 Å². The van der Waals surface area contributed by atoms with Gasteiger partial charge in [-0.25, -0.2) is 9.78 Å². The van der Waals surface area contributed by atoms with Crippen LogP contribution in [0.3, 0.4) is 0 Å². The van der Waals surface area contributed by atoms with Crippen LogP contribution in [0.5, 0.6) is 0 Å². The van der Waals surface area contributed by atoms with Crippen molar-refractivity contribution < 1.29 is 14.6 Å². The Morgan fingerprint density at radius 1 is 1.55 bits per heavy atom. The number of esters is 1. The average Bonchev–Trinajstić information content (AvgIpc) is 2.40. The number of aromatic nitrogens is 1. The highest BCUT2D eigenvalue weighted by Gasteiger charge is 2.28. The first-order valence-electron chi connectivity index (χ1n) is 6.83. The smallest absolute Gasteiger partial charge is 0.340 e. The maximum Gasteiger partial charge on any atom is 0.340 e. The Morgan fingerprint density at radius 2 is 2.20 bits per heavy atom. The van der Waals surface area contributed by atoms with Gasteiger partial charge in [0.05, 0.1) is 29.7 Å². The number of nitrogens with zero attached hydrogens (tertiary/aromatic N) is 2. The van der Waals surface area contributed by atoms with Crippen LogP contribution in [-0.4, -0.2) is 41.4 Å². The lowest BCUT2D eigenvalue weighted by molar-refractivity contribution is 0.0349. The van der Waals surface area contributed by atoms with Crippen LogP contribution in [0.15, 0.2) is 12.3 Å². The molecule has 6 heteroatoms. The summed E-state index contributed by atoms with van der Waals surface area (Å²) in [5.41, 5.74) is 5.81. The van der Waals surface area contributed by atoms with Crippen LogP contribution in [-0.2, 0) is 4.74 Å². The van der Waals surface area contributed by atoms with E-state index in [1.807, 2.05) is 11.8 Å². The van der Waals surface area contributed by atoms with Crippen LogP contribution in [0.1, 0.15) is 37.0 Å². The van der Waals surface area contributed by atoms with Gasteiger partial charge in [0.2, 0.25) is 0 Å². The Bertz CT molecular complexity index is 492. The van der Waals surface area contributed by atoms with Gasteiger partial charge in [0.25, 0.3) is 0 Å². The number of carbonyl (C=O) groups excluding carboxylic acids is 1. The number of hydrogen-bond acceptors (Lipinski definition) is 6. The maximum atomic E-state index is 11.8. The van der Waals surface area contributed by atoms with Crippen LogP contribution in [0.4, 0.5) is 11.5 Å². The van der Waals surface area contributed by atoms with Crippen molar-refractivity contribution in [3.63, 3.8) is 0 Å². The molecular weight excluding hydrogens is 258 g/mol. The van der Waals surface area contributed by atoms with Gasteiger partial charge in [-0.2, -0.15) is 0 Å². The Hall–Kier alpha value is -1.82. The Balaban J connectivity index is 2.17. The summed E-state index contributed by atoms with van der Waals surface area (Å²) in [6.07, 6.45) is 2.83. The molecule has 1 aliphatic heterocycles. The molecule has 0 unspecified atom stereocenters. The van der Waals surface area contributed by atoms with Gasteiger partial charge in [-0.15, -0.1) is 0 Å². The molecule has 0 aromatic carbocycles. The summed E-state index contributed by atoms with van der Waals surface area (Å²) in [5, 5.41) is 9.95. The number of piperidine rings is 1. The number of nitrogen functional groups attached to an aromatic ring is 1. The summed E-state index contributed by atoms with van der Waals surface area (Å²) in [6, 6.07) is 1.66. The molecule has 2 heterocycles. The second-order valence-corrected chi connectivity index (χ2v) is 5.33. The van der Waals surface area contributed by atoms with Gasteiger partial charge in [-0.05, 0) is 32.8 Å². The summed E-state index contributed by atoms with van der Waals surface area (Å²) in [5.74, 6) is 0.260. The molecule has 3 N–H and O–H groups in total. The minimum atomic E-state index is -0.617. The number of pyridine rings is 1. The van der Waals surface area contributed by atoms with E-state index >= 15 is 0 Å². The molecule has 1 fully saturated rings. The van der Waals surface area contributed by atoms with Gasteiger partial charge < -0.3 is 20.5 Å². The van der Waals surface area contributed by atoms with Crippen molar-refractivity contribution >= 4 is 17.5 Å². The van der Waals surface area contributed by atoms with Gasteiger partial charge in [0.15, 0.2) is 0 Å². The van der Waals surface area contributed by atoms with Gasteiger partial charge in [0, 0.05) is 13.1 Å². The highest BCUT2D eigenvalue weighted by atomic mass is 16.5. The number of carbonyl (C=O) groups is 1. The van der Waals surface area contributed by atoms with E-state index in [1.165, 1.54) is 6.20 Å². The van der Waals surface area contributed by atoms with E-state index in [4.69, 9.17) is 10.5 Å². The summed E-state index contributed by atoms with van der Waals surface area (Å²) in [7, 11) is 0. The Morgan fingerprint density at radius 3 is 2.80 bits per heavy atom. The summed E-state index contributed by atoms with van der Waals surface area (Å²) >= 11 is 0. The first-order valence-corrected chi connectivity index (χ1v) is 6.83. The molecule has 1 aliphatic rings. The van der Waals surface area contributed by atoms with Crippen LogP contribution in [0, 0.1) is 0 Å². The quantitative estimate of drug-likeness (QED) is 0.808. The highest BCUT2D eigenvalue weighted by molar-refractivity contribution is 5.95. The molecule has 0 atom stereocenters. The molecule has 0 aliphatic carbocycles. The molecule has 0 radical (unpaired) electrons. The number of rotatable bonds is 3. The van der Waals surface area contributed by atoms with Crippen LogP contribution < -0.4 is 10.6 Å². The first-order chi connectivity index (χ1) is 9.43. The number of anilines is 2. The first kappa shape index (κ1) is 14.6. The zero-order valence-corrected chi connectivity index (χ0v) is 11.9. The molecule has 20 heavy (non-hydrogen) atoms. The fourth-order valence-electron chi connectivity index (χ4n) is 2.23. The standard InChI is InChI=1S/C14H21N3O3/c1-3-20-13(18)10-8-12(16-9-11(10)15)17-6-4-14(2,19)5-7-17/h8-9,19H,3-7,15H2,1-2H3. The summed E-state index contributed by atoms with van der Waals surface area (Å²) < 4.78 is 4.98. The number of ether oxygens (including phenoxy) is 1. The zero-order chi connectivity index (χ0) is 14.8. The second-order valence-electron chi connectivity index (χ2n) is 5.33. The molecule has 110 valence electrons. The fourth-order valence-corrected chi connectivity index (χ4v) is 2.23. The third-order valence-corrected chi connectivity index (χ3v) is 3.58. The molecule has 1 saturated heterocycles. The van der Waals surface area contributed by atoms with Crippen molar-refractivity contribution in [1.29, 1.82) is 0 Å². The zero-order valence-electron chi connectivity index (χ0n) is 11.9. The van der Waals surface area contributed by atoms with E-state index in [-0.39, 0.29) is 0 Å². The Labute approximate surface area is 118 Å². The van der Waals surface area contributed by atoms with E-state index in [1.54, 1.807) is 13.0 Å². The number of aliphatic hydroxyl groups is 1. The topological polar surface area (TPSA) is 88.7 Å². The largest absolute Gasteiger partial charge is 0.462 e. The van der Waals surface area contributed by atoms with Crippen LogP contribution in [0.25, 0.3) is 0 Å². The molecule has 6 nitrogen and oxygen atoms in total. The van der Waals surface area contributed by atoms with Crippen molar-refractivity contribution in [2.45, 2.75) is 32.3 Å². The lowest BCUT2D eigenvalue weighted by Gasteiger charge is -2.36. The SMILES string of the molecule is CCOC(=O)c1cc(N2CCC(C)(O)CC2)ncc1N. The number of hydrogen-bond donors (Lipinski definition) is 2. The predicted octanol–water partition coefficient (Wildman–Crippen LogP) is 1.19. The molecule has 2 rings (SSSR count). The van der Waals surface area contributed by atoms with Gasteiger partial charge in [-0.1, -0.05) is 0 Å². The van der Waals surface area contributed by atoms with E-state index in [9.17, 15) is 9.90 Å². The van der Waals surface area contributed by atoms with Crippen molar-refractivity contribution in [3.05, 3.63) is 17.8 Å². The van der Waals surface area contributed by atoms with Gasteiger partial charge >= 0.3 is 5.97 Å². The lowest BCUT2D eigenvalue weighted by Crippen LogP contribution is -2.42. The van der Waals surface area contributed by atoms with Gasteiger partial charge in [-0.3, -0.25) is 0 Å². The van der Waals surface area contributed by atoms with Crippen molar-refractivity contribution in [1.82, 2.24) is 4.98 Å². The van der Waals surface area contributed by atoms with Crippen LogP contribution >= 0.6 is 0 Å². The molecule has 0 bridgehead atoms. The van der Waals surface area contributed by atoms with E-state index in [0.717, 1.165) is 0 Å². The fraction of sp³-hybridized carbons (Fsp3) is 0.571. The molecule has 0 amide bonds. The van der Waals surface area contributed by atoms with Crippen molar-refractivity contribution in [2.24, 2.45) is 0 Å². The summed E-state index contributed by atoms with van der Waals surface area (Å²) in [4.78, 5) is 18.1. The number of nitrogens with two attached hydrogens (primary N) is 1. The van der Waals surface area contributed by atoms with Gasteiger partial charge in [0.1, 0.15) is 5.82 Å². The minimum Gasteiger partial charge on any atom is -0.462 e. The van der Waals surface area contributed by atoms with E-state index < -0.39 is 11.6 Å². The van der Waals surface area contributed by atoms with Crippen molar-refractivity contribution in [2.75, 3.05) is 30.3 Å². The molecule has 0 spiro atoms. The Kier molecular flexibility index (Phi) is 4.13. The average molecular weight is 279 g/mol. The lowest BCUT2D eigenvalue weighted by atomic mass is 9.94. The second kappa shape index (κ2) is 5.66. The monoisotopic (exact) mass is 279 g/mol. The molecular formula is C14H21N3O3.